The fraction of sp³-hybridized carbons (Fsp3) is 0.368. The van der Waals surface area contributed by atoms with E-state index in [-0.39, 0.29) is 12.1 Å². The number of aliphatic hydroxyl groups excluding tert-OH is 1. The first-order chi connectivity index (χ1) is 10.6. The summed E-state index contributed by atoms with van der Waals surface area (Å²) in [5, 5.41) is 10.5. The number of hydrogen-bond acceptors (Lipinski definition) is 3. The maximum Gasteiger partial charge on any atom is 0.0942 e. The molecular weight excluding hydrogens is 272 g/mol. The highest BCUT2D eigenvalue weighted by Crippen LogP contribution is 2.20. The molecule has 0 fully saturated rings. The van der Waals surface area contributed by atoms with Gasteiger partial charge in [-0.25, -0.2) is 0 Å². The average Bonchev–Trinajstić information content (AvgIpc) is 2.55. The van der Waals surface area contributed by atoms with Crippen LogP contribution in [-0.4, -0.2) is 35.7 Å². The molecule has 0 radical (unpaired) electrons. The molecule has 0 aliphatic heterocycles. The fourth-order valence-electron chi connectivity index (χ4n) is 2.69. The van der Waals surface area contributed by atoms with Gasteiger partial charge in [0.05, 0.1) is 6.10 Å². The first-order valence-electron chi connectivity index (χ1n) is 7.80. The van der Waals surface area contributed by atoms with Gasteiger partial charge in [-0.2, -0.15) is 0 Å². The largest absolute Gasteiger partial charge is 0.387 e. The van der Waals surface area contributed by atoms with Crippen LogP contribution < -0.4 is 5.73 Å². The van der Waals surface area contributed by atoms with Gasteiger partial charge in [0.2, 0.25) is 0 Å². The minimum absolute atomic E-state index is 0.0178. The Morgan fingerprint density at radius 1 is 1.00 bits per heavy atom. The second-order valence-corrected chi connectivity index (χ2v) is 5.99. The molecule has 0 saturated heterocycles. The summed E-state index contributed by atoms with van der Waals surface area (Å²) in [6.45, 7) is 2.78. The Bertz CT molecular complexity index is 544. The quantitative estimate of drug-likeness (QED) is 0.826. The molecule has 3 N–H and O–H groups in total. The van der Waals surface area contributed by atoms with Crippen molar-refractivity contribution in [1.82, 2.24) is 4.90 Å². The number of aliphatic hydroxyl groups is 1. The maximum atomic E-state index is 10.5. The summed E-state index contributed by atoms with van der Waals surface area (Å²) in [6, 6.07) is 20.1. The van der Waals surface area contributed by atoms with Gasteiger partial charge < -0.3 is 10.8 Å². The molecule has 0 aliphatic carbocycles. The Morgan fingerprint density at radius 3 is 2.14 bits per heavy atom. The highest BCUT2D eigenvalue weighted by atomic mass is 16.3. The van der Waals surface area contributed by atoms with Crippen LogP contribution in [0.5, 0.6) is 0 Å². The number of nitrogens with two attached hydrogens (primary N) is 1. The molecule has 2 aromatic rings. The predicted octanol–water partition coefficient (Wildman–Crippen LogP) is 2.61. The fourth-order valence-corrected chi connectivity index (χ4v) is 2.69. The van der Waals surface area contributed by atoms with E-state index in [0.717, 1.165) is 18.5 Å². The van der Waals surface area contributed by atoms with Crippen molar-refractivity contribution in [2.75, 3.05) is 13.6 Å². The number of hydrogen-bond donors (Lipinski definition) is 2. The summed E-state index contributed by atoms with van der Waals surface area (Å²) in [5.74, 6) is 0. The molecule has 3 nitrogen and oxygen atoms in total. The molecule has 0 bridgehead atoms. The number of rotatable bonds is 7. The van der Waals surface area contributed by atoms with Gasteiger partial charge >= 0.3 is 0 Å². The molecule has 0 aromatic heterocycles. The third-order valence-corrected chi connectivity index (χ3v) is 4.16. The minimum Gasteiger partial charge on any atom is -0.387 e. The van der Waals surface area contributed by atoms with Crippen LogP contribution in [0.3, 0.4) is 0 Å². The number of benzene rings is 2. The molecule has 2 rings (SSSR count). The Kier molecular flexibility index (Phi) is 6.13. The van der Waals surface area contributed by atoms with E-state index >= 15 is 0 Å². The molecule has 0 heterocycles. The zero-order valence-electron chi connectivity index (χ0n) is 13.4. The van der Waals surface area contributed by atoms with Crippen molar-refractivity contribution in [3.8, 4) is 0 Å². The summed E-state index contributed by atoms with van der Waals surface area (Å²) >= 11 is 0. The van der Waals surface area contributed by atoms with E-state index in [1.165, 1.54) is 5.56 Å². The summed E-state index contributed by atoms with van der Waals surface area (Å²) < 4.78 is 0. The van der Waals surface area contributed by atoms with E-state index in [2.05, 4.69) is 17.0 Å². The molecule has 0 amide bonds. The van der Waals surface area contributed by atoms with Gasteiger partial charge in [0.1, 0.15) is 0 Å². The van der Waals surface area contributed by atoms with Crippen LogP contribution in [0.25, 0.3) is 0 Å². The van der Waals surface area contributed by atoms with Crippen LogP contribution in [0.2, 0.25) is 0 Å². The zero-order chi connectivity index (χ0) is 15.9. The van der Waals surface area contributed by atoms with Crippen molar-refractivity contribution < 1.29 is 5.11 Å². The Labute approximate surface area is 133 Å². The van der Waals surface area contributed by atoms with Crippen molar-refractivity contribution >= 4 is 0 Å². The molecule has 3 heteroatoms. The number of nitrogens with zero attached hydrogens (tertiary/aromatic N) is 1. The first-order valence-corrected chi connectivity index (χ1v) is 7.80. The second kappa shape index (κ2) is 8.08. The molecule has 22 heavy (non-hydrogen) atoms. The van der Waals surface area contributed by atoms with Gasteiger partial charge in [0.15, 0.2) is 0 Å². The van der Waals surface area contributed by atoms with Crippen molar-refractivity contribution in [3.63, 3.8) is 0 Å². The maximum absolute atomic E-state index is 10.5. The van der Waals surface area contributed by atoms with Crippen LogP contribution in [-0.2, 0) is 6.42 Å². The Hall–Kier alpha value is -1.68. The lowest BCUT2D eigenvalue weighted by Crippen LogP contribution is -2.43. The van der Waals surface area contributed by atoms with Gasteiger partial charge in [-0.15, -0.1) is 0 Å². The van der Waals surface area contributed by atoms with E-state index in [1.54, 1.807) is 0 Å². The van der Waals surface area contributed by atoms with E-state index in [4.69, 9.17) is 5.73 Å². The number of likely N-dealkylation sites (N-methyl/N-ethyl adjacent to an activating group) is 1. The van der Waals surface area contributed by atoms with Crippen molar-refractivity contribution in [2.24, 2.45) is 5.73 Å². The van der Waals surface area contributed by atoms with Crippen molar-refractivity contribution in [1.29, 1.82) is 0 Å². The minimum atomic E-state index is -0.505. The standard InChI is InChI=1S/C19H26N2O/c1-15(19(22)17-11-7-4-8-12-17)21(2)14-18(20)13-16-9-5-3-6-10-16/h3-12,15,18-19,22H,13-14,20H2,1-2H3/t15-,18+,19+/m0/s1. The van der Waals surface area contributed by atoms with Gasteiger partial charge in [0.25, 0.3) is 0 Å². The Balaban J connectivity index is 1.89. The van der Waals surface area contributed by atoms with Crippen molar-refractivity contribution in [3.05, 3.63) is 71.8 Å². The summed E-state index contributed by atoms with van der Waals surface area (Å²) in [4.78, 5) is 2.13. The van der Waals surface area contributed by atoms with Gasteiger partial charge in [0, 0.05) is 18.6 Å². The van der Waals surface area contributed by atoms with E-state index in [9.17, 15) is 5.11 Å². The van der Waals surface area contributed by atoms with E-state index in [0.29, 0.717) is 0 Å². The Morgan fingerprint density at radius 2 is 1.55 bits per heavy atom. The summed E-state index contributed by atoms with van der Waals surface area (Å²) in [7, 11) is 2.02. The molecule has 0 aliphatic rings. The summed E-state index contributed by atoms with van der Waals surface area (Å²) in [5.41, 5.74) is 8.45. The third kappa shape index (κ3) is 4.67. The summed E-state index contributed by atoms with van der Waals surface area (Å²) in [6.07, 6.45) is 0.342. The molecular formula is C19H26N2O. The molecule has 3 atom stereocenters. The lowest BCUT2D eigenvalue weighted by atomic mass is 10.0. The first kappa shape index (κ1) is 16.7. The van der Waals surface area contributed by atoms with Crippen molar-refractivity contribution in [2.45, 2.75) is 31.5 Å². The normalized spacial score (nSPS) is 15.5. The second-order valence-electron chi connectivity index (χ2n) is 5.99. The van der Waals surface area contributed by atoms with Crippen LogP contribution in [0.1, 0.15) is 24.2 Å². The molecule has 0 saturated carbocycles. The molecule has 2 aromatic carbocycles. The lowest BCUT2D eigenvalue weighted by Gasteiger charge is -2.31. The highest BCUT2D eigenvalue weighted by Gasteiger charge is 2.21. The van der Waals surface area contributed by atoms with E-state index < -0.39 is 6.10 Å². The van der Waals surface area contributed by atoms with E-state index in [1.807, 2.05) is 62.5 Å². The smallest absolute Gasteiger partial charge is 0.0942 e. The zero-order valence-corrected chi connectivity index (χ0v) is 13.4. The van der Waals surface area contributed by atoms with Crippen LogP contribution in [0.4, 0.5) is 0 Å². The molecule has 118 valence electrons. The van der Waals surface area contributed by atoms with Crippen LogP contribution in [0, 0.1) is 0 Å². The topological polar surface area (TPSA) is 49.5 Å². The van der Waals surface area contributed by atoms with Gasteiger partial charge in [-0.3, -0.25) is 4.90 Å². The van der Waals surface area contributed by atoms with Crippen LogP contribution in [0.15, 0.2) is 60.7 Å². The van der Waals surface area contributed by atoms with Gasteiger partial charge in [-0.1, -0.05) is 60.7 Å². The SMILES string of the molecule is C[C@@H]([C@@H](O)c1ccccc1)N(C)C[C@H](N)Cc1ccccc1. The third-order valence-electron chi connectivity index (χ3n) is 4.16. The molecule has 0 spiro atoms. The monoisotopic (exact) mass is 298 g/mol. The van der Waals surface area contributed by atoms with Crippen LogP contribution >= 0.6 is 0 Å². The predicted molar refractivity (Wildman–Crippen MR) is 91.6 cm³/mol. The average molecular weight is 298 g/mol. The highest BCUT2D eigenvalue weighted by molar-refractivity contribution is 5.19. The molecule has 0 unspecified atom stereocenters. The lowest BCUT2D eigenvalue weighted by molar-refractivity contribution is 0.0696. The van der Waals surface area contributed by atoms with Gasteiger partial charge in [-0.05, 0) is 31.5 Å².